The molecule has 1 aliphatic rings. The van der Waals surface area contributed by atoms with E-state index in [1.54, 1.807) is 4.90 Å². The molecule has 2 heteroatoms. The molecule has 16 heavy (non-hydrogen) atoms. The van der Waals surface area contributed by atoms with Crippen LogP contribution in [-0.2, 0) is 0 Å². The summed E-state index contributed by atoms with van der Waals surface area (Å²) in [4.78, 5) is 3.85. The molecule has 1 aliphatic heterocycles. The third-order valence-electron chi connectivity index (χ3n) is 2.85. The molecule has 1 fully saturated rings. The number of likely N-dealkylation sites (N-methyl/N-ethyl adjacent to an activating group) is 1. The zero-order valence-electron chi connectivity index (χ0n) is 12.5. The molecule has 0 saturated carbocycles. The maximum Gasteiger partial charge on any atom is 0.0394 e. The van der Waals surface area contributed by atoms with Crippen molar-refractivity contribution in [2.24, 2.45) is 0 Å². The van der Waals surface area contributed by atoms with Crippen LogP contribution in [0, 0.1) is 0 Å². The summed E-state index contributed by atoms with van der Waals surface area (Å²) >= 11 is 0. The molecule has 0 N–H and O–H groups in total. The van der Waals surface area contributed by atoms with E-state index in [2.05, 4.69) is 29.2 Å². The standard InChI is InChI=1S/C14H20N2/c1-15-10-12-16(13-11-15)9-5-8-14-6-3-2-4-7-14/h2-8H,9-13H2,1H3/b8-5+/i1D3. The Labute approximate surface area is 102 Å². The fraction of sp³-hybridized carbons (Fsp3) is 0.429. The summed E-state index contributed by atoms with van der Waals surface area (Å²) in [6, 6.07) is 10.2. The molecule has 0 radical (unpaired) electrons. The topological polar surface area (TPSA) is 6.48 Å². The second-order valence-corrected chi connectivity index (χ2v) is 4.10. The summed E-state index contributed by atoms with van der Waals surface area (Å²) in [6.45, 7) is 1.82. The Morgan fingerprint density at radius 1 is 1.19 bits per heavy atom. The van der Waals surface area contributed by atoms with Crippen LogP contribution < -0.4 is 0 Å². The molecule has 1 aromatic rings. The Kier molecular flexibility index (Phi) is 2.93. The van der Waals surface area contributed by atoms with Gasteiger partial charge in [-0.05, 0) is 12.5 Å². The van der Waals surface area contributed by atoms with E-state index in [0.717, 1.165) is 19.6 Å². The second-order valence-electron chi connectivity index (χ2n) is 4.10. The summed E-state index contributed by atoms with van der Waals surface area (Å²) in [5.74, 6) is 0. The van der Waals surface area contributed by atoms with Crippen LogP contribution >= 0.6 is 0 Å². The van der Waals surface area contributed by atoms with Gasteiger partial charge in [0.05, 0.1) is 0 Å². The highest BCUT2D eigenvalue weighted by molar-refractivity contribution is 5.48. The lowest BCUT2D eigenvalue weighted by atomic mass is 10.2. The van der Waals surface area contributed by atoms with E-state index in [4.69, 9.17) is 4.11 Å². The van der Waals surface area contributed by atoms with E-state index in [1.807, 2.05) is 18.2 Å². The van der Waals surface area contributed by atoms with Gasteiger partial charge in [0.2, 0.25) is 0 Å². The lowest BCUT2D eigenvalue weighted by molar-refractivity contribution is 0.167. The van der Waals surface area contributed by atoms with Crippen LogP contribution in [0.25, 0.3) is 6.08 Å². The van der Waals surface area contributed by atoms with Gasteiger partial charge in [-0.3, -0.25) is 4.90 Å². The van der Waals surface area contributed by atoms with Crippen LogP contribution in [-0.4, -0.2) is 49.5 Å². The number of hydrogen-bond donors (Lipinski definition) is 0. The molecule has 2 nitrogen and oxygen atoms in total. The number of hydrogen-bond acceptors (Lipinski definition) is 2. The maximum atomic E-state index is 7.37. The first-order valence-electron chi connectivity index (χ1n) is 7.25. The highest BCUT2D eigenvalue weighted by Gasteiger charge is 2.11. The molecule has 1 aromatic carbocycles. The van der Waals surface area contributed by atoms with Crippen molar-refractivity contribution in [3.63, 3.8) is 0 Å². The average molecular weight is 219 g/mol. The Hall–Kier alpha value is -1.12. The van der Waals surface area contributed by atoms with Crippen molar-refractivity contribution >= 4 is 6.08 Å². The van der Waals surface area contributed by atoms with Crippen LogP contribution in [0.3, 0.4) is 0 Å². The molecule has 0 unspecified atom stereocenters. The van der Waals surface area contributed by atoms with Gasteiger partial charge in [-0.15, -0.1) is 0 Å². The van der Waals surface area contributed by atoms with Crippen molar-refractivity contribution in [1.29, 1.82) is 0 Å². The number of piperazine rings is 1. The molecule has 0 amide bonds. The van der Waals surface area contributed by atoms with Crippen molar-refractivity contribution in [2.75, 3.05) is 39.7 Å². The molecule has 1 heterocycles. The fourth-order valence-electron chi connectivity index (χ4n) is 1.83. The Morgan fingerprint density at radius 2 is 1.94 bits per heavy atom. The predicted octanol–water partition coefficient (Wildman–Crippen LogP) is 1.95. The van der Waals surface area contributed by atoms with Gasteiger partial charge < -0.3 is 4.90 Å². The smallest absolute Gasteiger partial charge is 0.0394 e. The van der Waals surface area contributed by atoms with Gasteiger partial charge in [-0.1, -0.05) is 42.5 Å². The van der Waals surface area contributed by atoms with Crippen LogP contribution in [0.4, 0.5) is 0 Å². The van der Waals surface area contributed by atoms with Crippen molar-refractivity contribution in [1.82, 2.24) is 9.80 Å². The molecular formula is C14H20N2. The summed E-state index contributed by atoms with van der Waals surface area (Å²) in [7, 11) is 0. The Balaban J connectivity index is 1.76. The summed E-state index contributed by atoms with van der Waals surface area (Å²) in [5, 5.41) is 0. The average Bonchev–Trinajstić information content (AvgIpc) is 2.39. The van der Waals surface area contributed by atoms with E-state index in [1.165, 1.54) is 5.56 Å². The number of benzene rings is 1. The third kappa shape index (κ3) is 3.47. The maximum absolute atomic E-state index is 7.37. The van der Waals surface area contributed by atoms with Crippen molar-refractivity contribution < 1.29 is 4.11 Å². The number of nitrogens with zero attached hydrogens (tertiary/aromatic N) is 2. The molecule has 86 valence electrons. The first-order chi connectivity index (χ1) is 9.05. The summed E-state index contributed by atoms with van der Waals surface area (Å²) < 4.78 is 22.1. The molecule has 0 aromatic heterocycles. The largest absolute Gasteiger partial charge is 0.304 e. The minimum absolute atomic E-state index is 0.621. The monoisotopic (exact) mass is 219 g/mol. The Bertz CT molecular complexity index is 406. The van der Waals surface area contributed by atoms with Gasteiger partial charge in [0.25, 0.3) is 0 Å². The highest BCUT2D eigenvalue weighted by atomic mass is 15.2. The third-order valence-corrected chi connectivity index (χ3v) is 2.85. The lowest BCUT2D eigenvalue weighted by Gasteiger charge is -2.31. The minimum atomic E-state index is -1.94. The van der Waals surface area contributed by atoms with E-state index >= 15 is 0 Å². The molecular weight excluding hydrogens is 196 g/mol. The zero-order valence-corrected chi connectivity index (χ0v) is 9.47. The van der Waals surface area contributed by atoms with Crippen molar-refractivity contribution in [3.8, 4) is 0 Å². The van der Waals surface area contributed by atoms with Gasteiger partial charge in [0.15, 0.2) is 0 Å². The molecule has 0 spiro atoms. The predicted molar refractivity (Wildman–Crippen MR) is 69.4 cm³/mol. The van der Waals surface area contributed by atoms with Crippen LogP contribution in [0.15, 0.2) is 36.4 Å². The normalized spacial score (nSPS) is 22.9. The van der Waals surface area contributed by atoms with Crippen molar-refractivity contribution in [2.45, 2.75) is 0 Å². The minimum Gasteiger partial charge on any atom is -0.304 e. The lowest BCUT2D eigenvalue weighted by Crippen LogP contribution is -2.44. The molecule has 0 atom stereocenters. The van der Waals surface area contributed by atoms with Gasteiger partial charge >= 0.3 is 0 Å². The quantitative estimate of drug-likeness (QED) is 0.766. The van der Waals surface area contributed by atoms with Crippen LogP contribution in [0.1, 0.15) is 9.68 Å². The molecule has 0 aliphatic carbocycles. The Morgan fingerprint density at radius 3 is 2.62 bits per heavy atom. The van der Waals surface area contributed by atoms with Crippen LogP contribution in [0.5, 0.6) is 0 Å². The van der Waals surface area contributed by atoms with E-state index in [9.17, 15) is 0 Å². The fourth-order valence-corrected chi connectivity index (χ4v) is 1.83. The summed E-state index contributed by atoms with van der Waals surface area (Å²) in [5.41, 5.74) is 1.20. The van der Waals surface area contributed by atoms with Gasteiger partial charge in [0.1, 0.15) is 0 Å². The number of rotatable bonds is 3. The highest BCUT2D eigenvalue weighted by Crippen LogP contribution is 2.03. The van der Waals surface area contributed by atoms with Crippen molar-refractivity contribution in [3.05, 3.63) is 42.0 Å². The first kappa shape index (κ1) is 8.04. The zero-order chi connectivity index (χ0) is 13.7. The molecule has 2 rings (SSSR count). The summed E-state index contributed by atoms with van der Waals surface area (Å²) in [6.07, 6.45) is 4.25. The van der Waals surface area contributed by atoms with Crippen LogP contribution in [0.2, 0.25) is 0 Å². The first-order valence-corrected chi connectivity index (χ1v) is 5.75. The second kappa shape index (κ2) is 5.83. The van der Waals surface area contributed by atoms with E-state index in [0.29, 0.717) is 13.1 Å². The van der Waals surface area contributed by atoms with E-state index < -0.39 is 6.98 Å². The van der Waals surface area contributed by atoms with E-state index in [-0.39, 0.29) is 0 Å². The van der Waals surface area contributed by atoms with Gasteiger partial charge in [-0.2, -0.15) is 0 Å². The molecule has 0 bridgehead atoms. The van der Waals surface area contributed by atoms with Gasteiger partial charge in [-0.25, -0.2) is 0 Å². The van der Waals surface area contributed by atoms with Gasteiger partial charge in [0, 0.05) is 36.8 Å². The SMILES string of the molecule is [2H]C([2H])([2H])N1CCN(C/C=C/c2ccccc2)CC1. The molecule has 1 saturated heterocycles.